The van der Waals surface area contributed by atoms with Gasteiger partial charge in [0.25, 0.3) is 0 Å². The molecule has 2 heterocycles. The molecule has 2 aliphatic heterocycles. The second-order valence-corrected chi connectivity index (χ2v) is 8.74. The number of likely N-dealkylation sites (tertiary alicyclic amines) is 1. The minimum absolute atomic E-state index is 0.0182. The molecule has 4 rings (SSSR count). The number of anilines is 1. The number of nitrogens with zero attached hydrogens (tertiary/aromatic N) is 1. The Balaban J connectivity index is 1.35. The molecular weight excluding hydrogens is 430 g/mol. The highest BCUT2D eigenvalue weighted by molar-refractivity contribution is 6.32. The van der Waals surface area contributed by atoms with Crippen molar-refractivity contribution in [1.29, 1.82) is 0 Å². The fraction of sp³-hybridized carbons (Fsp3) is 0.417. The minimum Gasteiger partial charge on any atom is -0.489 e. The molecule has 32 heavy (non-hydrogen) atoms. The van der Waals surface area contributed by atoms with Crippen LogP contribution in [0.3, 0.4) is 0 Å². The maximum absolute atomic E-state index is 12.6. The van der Waals surface area contributed by atoms with Gasteiger partial charge in [-0.25, -0.2) is 0 Å². The van der Waals surface area contributed by atoms with Crippen LogP contribution < -0.4 is 20.5 Å². The Morgan fingerprint density at radius 1 is 1.09 bits per heavy atom. The molecule has 1 saturated heterocycles. The van der Waals surface area contributed by atoms with Crippen molar-refractivity contribution in [3.63, 3.8) is 0 Å². The van der Waals surface area contributed by atoms with Crippen LogP contribution in [-0.2, 0) is 22.6 Å². The lowest BCUT2D eigenvalue weighted by Crippen LogP contribution is -2.38. The lowest BCUT2D eigenvalue weighted by atomic mass is 9.96. The summed E-state index contributed by atoms with van der Waals surface area (Å²) in [6.07, 6.45) is 2.56. The van der Waals surface area contributed by atoms with Gasteiger partial charge in [-0.3, -0.25) is 14.5 Å². The number of piperidine rings is 1. The fourth-order valence-electron chi connectivity index (χ4n) is 4.16. The molecule has 2 aromatic carbocycles. The van der Waals surface area contributed by atoms with Gasteiger partial charge >= 0.3 is 0 Å². The Bertz CT molecular complexity index is 989. The molecule has 1 fully saturated rings. The number of rotatable bonds is 6. The number of primary amides is 1. The summed E-state index contributed by atoms with van der Waals surface area (Å²) in [5.74, 6) is 0.773. The third-order valence-corrected chi connectivity index (χ3v) is 6.11. The number of benzene rings is 2. The van der Waals surface area contributed by atoms with E-state index in [0.29, 0.717) is 29.7 Å². The number of amides is 2. The monoisotopic (exact) mass is 457 g/mol. The maximum atomic E-state index is 12.6. The highest BCUT2D eigenvalue weighted by atomic mass is 35.5. The Hall–Kier alpha value is -2.77. The molecule has 0 aliphatic carbocycles. The zero-order chi connectivity index (χ0) is 22.5. The molecule has 0 saturated carbocycles. The van der Waals surface area contributed by atoms with Crippen LogP contribution >= 0.6 is 11.6 Å². The minimum atomic E-state index is -0.204. The predicted molar refractivity (Wildman–Crippen MR) is 123 cm³/mol. The Kier molecular flexibility index (Phi) is 7.17. The van der Waals surface area contributed by atoms with Gasteiger partial charge in [-0.1, -0.05) is 23.7 Å². The van der Waals surface area contributed by atoms with Crippen LogP contribution in [-0.4, -0.2) is 43.0 Å². The van der Waals surface area contributed by atoms with E-state index in [4.69, 9.17) is 26.8 Å². The van der Waals surface area contributed by atoms with Gasteiger partial charge in [0.2, 0.25) is 11.8 Å². The third-order valence-electron chi connectivity index (χ3n) is 5.83. The second-order valence-electron chi connectivity index (χ2n) is 8.33. The molecule has 0 aromatic heterocycles. The average molecular weight is 458 g/mol. The van der Waals surface area contributed by atoms with Gasteiger partial charge in [-0.05, 0) is 61.3 Å². The van der Waals surface area contributed by atoms with E-state index in [2.05, 4.69) is 10.2 Å². The topological polar surface area (TPSA) is 93.9 Å². The first kappa shape index (κ1) is 22.4. The summed E-state index contributed by atoms with van der Waals surface area (Å²) in [4.78, 5) is 26.3. The number of nitrogens with two attached hydrogens (primary N) is 1. The third kappa shape index (κ3) is 5.72. The van der Waals surface area contributed by atoms with Crippen LogP contribution in [0, 0.1) is 5.92 Å². The normalized spacial score (nSPS) is 16.9. The van der Waals surface area contributed by atoms with Crippen LogP contribution in [0.2, 0.25) is 5.02 Å². The number of hydrogen-bond donors (Lipinski definition) is 2. The summed E-state index contributed by atoms with van der Waals surface area (Å²) in [6, 6.07) is 11.4. The summed E-state index contributed by atoms with van der Waals surface area (Å²) in [7, 11) is 0. The lowest BCUT2D eigenvalue weighted by Gasteiger charge is -2.30. The van der Waals surface area contributed by atoms with Crippen LogP contribution in [0.1, 0.15) is 30.4 Å². The van der Waals surface area contributed by atoms with Crippen molar-refractivity contribution < 1.29 is 19.1 Å². The van der Waals surface area contributed by atoms with E-state index in [-0.39, 0.29) is 24.2 Å². The fourth-order valence-corrected chi connectivity index (χ4v) is 4.45. The van der Waals surface area contributed by atoms with Crippen molar-refractivity contribution in [1.82, 2.24) is 4.90 Å². The number of halogens is 1. The van der Waals surface area contributed by atoms with Gasteiger partial charge < -0.3 is 20.5 Å². The first-order chi connectivity index (χ1) is 15.5. The van der Waals surface area contributed by atoms with Gasteiger partial charge in [-0.2, -0.15) is 0 Å². The maximum Gasteiger partial charge on any atom is 0.228 e. The Morgan fingerprint density at radius 2 is 1.88 bits per heavy atom. The smallest absolute Gasteiger partial charge is 0.228 e. The molecule has 8 heteroatoms. The van der Waals surface area contributed by atoms with Crippen LogP contribution in [0.4, 0.5) is 5.69 Å². The number of fused-ring (bicyclic) bond motifs is 1. The predicted octanol–water partition coefficient (Wildman–Crippen LogP) is 3.38. The van der Waals surface area contributed by atoms with Crippen molar-refractivity contribution in [3.8, 4) is 11.5 Å². The summed E-state index contributed by atoms with van der Waals surface area (Å²) in [6.45, 7) is 3.58. The average Bonchev–Trinajstić information content (AvgIpc) is 3.00. The van der Waals surface area contributed by atoms with Gasteiger partial charge in [0.1, 0.15) is 0 Å². The number of nitrogens with one attached hydrogen (secondary N) is 1. The van der Waals surface area contributed by atoms with Gasteiger partial charge in [-0.15, -0.1) is 0 Å². The van der Waals surface area contributed by atoms with Gasteiger partial charge in [0.15, 0.2) is 11.5 Å². The molecule has 0 radical (unpaired) electrons. The zero-order valence-corrected chi connectivity index (χ0v) is 18.7. The summed E-state index contributed by atoms with van der Waals surface area (Å²) in [5.41, 5.74) is 8.05. The molecule has 0 atom stereocenters. The van der Waals surface area contributed by atoms with Crippen molar-refractivity contribution >= 4 is 29.1 Å². The van der Waals surface area contributed by atoms with Crippen LogP contribution in [0.15, 0.2) is 36.4 Å². The van der Waals surface area contributed by atoms with Gasteiger partial charge in [0.05, 0.1) is 24.7 Å². The van der Waals surface area contributed by atoms with Crippen molar-refractivity contribution in [2.24, 2.45) is 11.7 Å². The summed E-state index contributed by atoms with van der Waals surface area (Å²) in [5, 5.41) is 3.42. The number of carbonyl (C=O) groups is 2. The molecule has 7 nitrogen and oxygen atoms in total. The number of hydrogen-bond acceptors (Lipinski definition) is 5. The molecule has 2 aromatic rings. The molecule has 0 bridgehead atoms. The zero-order valence-electron chi connectivity index (χ0n) is 17.9. The van der Waals surface area contributed by atoms with Gasteiger partial charge in [0, 0.05) is 24.6 Å². The summed E-state index contributed by atoms with van der Waals surface area (Å²) < 4.78 is 11.3. The van der Waals surface area contributed by atoms with Crippen molar-refractivity contribution in [3.05, 3.63) is 52.5 Å². The molecule has 170 valence electrons. The van der Waals surface area contributed by atoms with E-state index >= 15 is 0 Å². The molecule has 3 N–H and O–H groups in total. The molecule has 0 spiro atoms. The Morgan fingerprint density at radius 3 is 2.66 bits per heavy atom. The molecular formula is C24H28ClN3O4. The standard InChI is InChI=1S/C24H28ClN3O4/c25-20-12-17(13-21-23(20)32-10-2-9-31-21)14-22(29)27-19-4-1-3-16(11-19)15-28-7-5-18(6-8-28)24(26)30/h1,3-4,11-13,18H,2,5-10,14-15H2,(H2,26,30)(H,27,29). The van der Waals surface area contributed by atoms with E-state index in [1.807, 2.05) is 30.3 Å². The van der Waals surface area contributed by atoms with Crippen molar-refractivity contribution in [2.45, 2.75) is 32.2 Å². The largest absolute Gasteiger partial charge is 0.489 e. The quantitative estimate of drug-likeness (QED) is 0.693. The van der Waals surface area contributed by atoms with E-state index in [1.165, 1.54) is 0 Å². The summed E-state index contributed by atoms with van der Waals surface area (Å²) >= 11 is 6.34. The lowest BCUT2D eigenvalue weighted by molar-refractivity contribution is -0.123. The second kappa shape index (κ2) is 10.2. The van der Waals surface area contributed by atoms with Crippen LogP contribution in [0.25, 0.3) is 0 Å². The first-order valence-corrected chi connectivity index (χ1v) is 11.3. The van der Waals surface area contributed by atoms with E-state index in [0.717, 1.165) is 55.7 Å². The van der Waals surface area contributed by atoms with E-state index < -0.39 is 0 Å². The molecule has 2 amide bonds. The SMILES string of the molecule is NC(=O)C1CCN(Cc2cccc(NC(=O)Cc3cc(Cl)c4c(c3)OCCCO4)c2)CC1. The molecule has 2 aliphatic rings. The van der Waals surface area contributed by atoms with E-state index in [1.54, 1.807) is 6.07 Å². The highest BCUT2D eigenvalue weighted by Crippen LogP contribution is 2.38. The van der Waals surface area contributed by atoms with E-state index in [9.17, 15) is 9.59 Å². The highest BCUT2D eigenvalue weighted by Gasteiger charge is 2.23. The van der Waals surface area contributed by atoms with Crippen LogP contribution in [0.5, 0.6) is 11.5 Å². The first-order valence-electron chi connectivity index (χ1n) is 11.0. The number of carbonyl (C=O) groups excluding carboxylic acids is 2. The van der Waals surface area contributed by atoms with Crippen molar-refractivity contribution in [2.75, 3.05) is 31.6 Å². The Labute approximate surface area is 192 Å². The molecule has 0 unspecified atom stereocenters. The number of ether oxygens (including phenoxy) is 2.